The van der Waals surface area contributed by atoms with E-state index >= 15 is 0 Å². The van der Waals surface area contributed by atoms with Crippen molar-refractivity contribution in [1.29, 1.82) is 0 Å². The van der Waals surface area contributed by atoms with E-state index in [0.717, 1.165) is 14.2 Å². The van der Waals surface area contributed by atoms with Gasteiger partial charge in [0.1, 0.15) is 14.1 Å². The lowest BCUT2D eigenvalue weighted by atomic mass is 10.1. The van der Waals surface area contributed by atoms with Gasteiger partial charge >= 0.3 is 0 Å². The molecule has 114 valence electrons. The average molecular weight is 311 g/mol. The summed E-state index contributed by atoms with van der Waals surface area (Å²) in [5.74, 6) is 0. The lowest BCUT2D eigenvalue weighted by Gasteiger charge is -2.16. The fourth-order valence-electron chi connectivity index (χ4n) is 1.46. The molecule has 0 aliphatic carbocycles. The first-order valence-electron chi connectivity index (χ1n) is 6.21. The van der Waals surface area contributed by atoms with E-state index in [1.807, 2.05) is 23.2 Å². The van der Waals surface area contributed by atoms with Gasteiger partial charge in [-0.3, -0.25) is 4.57 Å². The lowest BCUT2D eigenvalue weighted by molar-refractivity contribution is -0.671. The van der Waals surface area contributed by atoms with Crippen LogP contribution in [0.5, 0.6) is 0 Å². The molecule has 0 saturated carbocycles. The molecular formula is C14H20N2O4P+. The van der Waals surface area contributed by atoms with Crippen molar-refractivity contribution >= 4 is 7.82 Å². The fraction of sp³-hybridized carbons (Fsp3) is 0.286. The second-order valence-corrected chi connectivity index (χ2v) is 5.94. The third-order valence-corrected chi connectivity index (χ3v) is 3.63. The number of aromatic nitrogens is 2. The Bertz CT molecular complexity index is 548. The van der Waals surface area contributed by atoms with Crippen LogP contribution < -0.4 is 14.0 Å². The maximum atomic E-state index is 9.95. The summed E-state index contributed by atoms with van der Waals surface area (Å²) in [7, 11) is 2.22. The first kappa shape index (κ1) is 17.5. The molecule has 0 radical (unpaired) electrons. The van der Waals surface area contributed by atoms with Crippen LogP contribution in [0.2, 0.25) is 0 Å². The highest BCUT2D eigenvalue weighted by molar-refractivity contribution is 7.45. The van der Waals surface area contributed by atoms with Gasteiger partial charge in [0.15, 0.2) is 24.8 Å². The van der Waals surface area contributed by atoms with Gasteiger partial charge in [-0.25, -0.2) is 9.13 Å². The Morgan fingerprint density at radius 3 is 1.33 bits per heavy atom. The van der Waals surface area contributed by atoms with Crippen molar-refractivity contribution in [2.24, 2.45) is 14.1 Å². The van der Waals surface area contributed by atoms with E-state index in [9.17, 15) is 9.46 Å². The summed E-state index contributed by atoms with van der Waals surface area (Å²) in [6, 6.07) is 8.48. The molecule has 0 aliphatic rings. The highest BCUT2D eigenvalue weighted by Gasteiger charge is 2.01. The highest BCUT2D eigenvalue weighted by atomic mass is 31.2. The molecule has 0 N–H and O–H groups in total. The largest absolute Gasteiger partial charge is 0.756 e. The number of hydrogen-bond acceptors (Lipinski definition) is 4. The Labute approximate surface area is 124 Å². The topological polar surface area (TPSA) is 66.4 Å². The van der Waals surface area contributed by atoms with E-state index in [4.69, 9.17) is 0 Å². The summed E-state index contributed by atoms with van der Waals surface area (Å²) in [6.45, 7) is 0. The van der Waals surface area contributed by atoms with E-state index in [1.165, 1.54) is 11.1 Å². The molecule has 2 heterocycles. The zero-order chi connectivity index (χ0) is 15.9. The summed E-state index contributed by atoms with van der Waals surface area (Å²) in [5, 5.41) is 0. The Morgan fingerprint density at radius 1 is 0.857 bits per heavy atom. The molecule has 0 aliphatic heterocycles. The predicted octanol–water partition coefficient (Wildman–Crippen LogP) is 0.750. The van der Waals surface area contributed by atoms with Crippen LogP contribution in [0.1, 0.15) is 0 Å². The fourth-order valence-corrected chi connectivity index (χ4v) is 1.61. The maximum Gasteiger partial charge on any atom is 0.267 e. The van der Waals surface area contributed by atoms with Crippen molar-refractivity contribution in [2.75, 3.05) is 14.2 Å². The molecule has 0 unspecified atom stereocenters. The molecule has 0 atom stereocenters. The molecule has 2 aromatic rings. The minimum Gasteiger partial charge on any atom is -0.756 e. The molecular weight excluding hydrogens is 291 g/mol. The van der Waals surface area contributed by atoms with Gasteiger partial charge in [0, 0.05) is 38.5 Å². The van der Waals surface area contributed by atoms with Crippen LogP contribution in [0, 0.1) is 0 Å². The number of phosphoric acid groups is 1. The van der Waals surface area contributed by atoms with Crippen molar-refractivity contribution in [2.45, 2.75) is 0 Å². The third kappa shape index (κ3) is 6.14. The van der Waals surface area contributed by atoms with Crippen molar-refractivity contribution in [3.8, 4) is 11.1 Å². The summed E-state index contributed by atoms with van der Waals surface area (Å²) in [5.41, 5.74) is 2.51. The van der Waals surface area contributed by atoms with Crippen LogP contribution in [0.3, 0.4) is 0 Å². The minimum absolute atomic E-state index is 1.04. The average Bonchev–Trinajstić information content (AvgIpc) is 2.50. The second kappa shape index (κ2) is 8.00. The quantitative estimate of drug-likeness (QED) is 0.620. The van der Waals surface area contributed by atoms with E-state index in [1.54, 1.807) is 0 Å². The first-order valence-corrected chi connectivity index (χ1v) is 7.67. The van der Waals surface area contributed by atoms with Crippen LogP contribution in [0.4, 0.5) is 0 Å². The number of pyridine rings is 2. The molecule has 0 fully saturated rings. The van der Waals surface area contributed by atoms with Gasteiger partial charge in [-0.1, -0.05) is 0 Å². The van der Waals surface area contributed by atoms with E-state index in [-0.39, 0.29) is 0 Å². The van der Waals surface area contributed by atoms with E-state index in [0.29, 0.717) is 0 Å². The first-order chi connectivity index (χ1) is 9.88. The van der Waals surface area contributed by atoms with Gasteiger partial charge in [-0.2, -0.15) is 0 Å². The molecule has 2 aromatic heterocycles. The molecule has 0 bridgehead atoms. The van der Waals surface area contributed by atoms with Gasteiger partial charge < -0.3 is 13.9 Å². The number of hydrogen-bond donors (Lipinski definition) is 0. The van der Waals surface area contributed by atoms with Crippen LogP contribution >= 0.6 is 7.82 Å². The summed E-state index contributed by atoms with van der Waals surface area (Å²) in [4.78, 5) is 9.95. The third-order valence-electron chi connectivity index (χ3n) is 2.74. The predicted molar refractivity (Wildman–Crippen MR) is 75.9 cm³/mol. The zero-order valence-corrected chi connectivity index (χ0v) is 13.5. The molecule has 7 heteroatoms. The van der Waals surface area contributed by atoms with Crippen LogP contribution in [0.25, 0.3) is 11.1 Å². The van der Waals surface area contributed by atoms with Gasteiger partial charge in [0.2, 0.25) is 0 Å². The standard InChI is InChI=1S/C12H14N2.C2H7O4P/c1-13-7-3-11(4-8-13)12-5-9-14(2)10-6-12;1-5-7(3,4)6-2/h3-10H,1-2H3;1-2H3,(H,3,4)/q+2;/p-1. The van der Waals surface area contributed by atoms with Crippen LogP contribution in [-0.2, 0) is 27.7 Å². The minimum atomic E-state index is -3.90. The van der Waals surface area contributed by atoms with Crippen molar-refractivity contribution in [3.05, 3.63) is 49.1 Å². The zero-order valence-electron chi connectivity index (χ0n) is 12.6. The SMILES string of the molecule is COP(=O)([O-])OC.C[n+]1ccc(-c2cc[n+](C)cc2)cc1. The molecule has 0 aromatic carbocycles. The van der Waals surface area contributed by atoms with E-state index in [2.05, 4.69) is 58.1 Å². The number of phosphoric ester groups is 1. The van der Waals surface area contributed by atoms with Crippen molar-refractivity contribution < 1.29 is 27.6 Å². The van der Waals surface area contributed by atoms with Crippen LogP contribution in [-0.4, -0.2) is 14.2 Å². The number of aryl methyl sites for hydroxylation is 2. The Hall–Kier alpha value is -1.59. The van der Waals surface area contributed by atoms with Gasteiger partial charge in [0.25, 0.3) is 7.82 Å². The Kier molecular flexibility index (Phi) is 6.65. The van der Waals surface area contributed by atoms with Gasteiger partial charge in [0.05, 0.1) is 0 Å². The molecule has 6 nitrogen and oxygen atoms in total. The Balaban J connectivity index is 0.000000270. The molecule has 21 heavy (non-hydrogen) atoms. The summed E-state index contributed by atoms with van der Waals surface area (Å²) in [6.07, 6.45) is 8.23. The van der Waals surface area contributed by atoms with Gasteiger partial charge in [-0.05, 0) is 11.1 Å². The highest BCUT2D eigenvalue weighted by Crippen LogP contribution is 2.34. The summed E-state index contributed by atoms with van der Waals surface area (Å²) >= 11 is 0. The van der Waals surface area contributed by atoms with Crippen molar-refractivity contribution in [3.63, 3.8) is 0 Å². The van der Waals surface area contributed by atoms with Crippen LogP contribution in [0.15, 0.2) is 49.1 Å². The number of rotatable bonds is 3. The maximum absolute atomic E-state index is 9.95. The smallest absolute Gasteiger partial charge is 0.267 e. The van der Waals surface area contributed by atoms with E-state index < -0.39 is 7.82 Å². The Morgan fingerprint density at radius 2 is 1.14 bits per heavy atom. The van der Waals surface area contributed by atoms with Crippen molar-refractivity contribution in [1.82, 2.24) is 0 Å². The van der Waals surface area contributed by atoms with Gasteiger partial charge in [-0.15, -0.1) is 0 Å². The molecule has 0 amide bonds. The normalized spacial score (nSPS) is 10.7. The molecule has 0 saturated heterocycles. The lowest BCUT2D eigenvalue weighted by Crippen LogP contribution is -2.26. The summed E-state index contributed by atoms with van der Waals surface area (Å²) < 4.78 is 21.7. The molecule has 0 spiro atoms. The second-order valence-electron chi connectivity index (χ2n) is 4.32. The number of nitrogens with zero attached hydrogens (tertiary/aromatic N) is 2. The molecule has 2 rings (SSSR count). The monoisotopic (exact) mass is 311 g/mol.